The molecule has 6 aromatic rings. The van der Waals surface area contributed by atoms with Crippen LogP contribution in [0.25, 0.3) is 55.0 Å². The van der Waals surface area contributed by atoms with Crippen LogP contribution in [-0.4, -0.2) is 35.2 Å². The number of thiophene rings is 1. The molecule has 0 radical (unpaired) electrons. The van der Waals surface area contributed by atoms with Crippen LogP contribution in [0.15, 0.2) is 61.2 Å². The molecule has 7 nitrogen and oxygen atoms in total. The lowest BCUT2D eigenvalue weighted by Crippen LogP contribution is -1.85. The zero-order valence-corrected chi connectivity index (χ0v) is 16.6. The Balaban J connectivity index is 1.51. The normalized spacial score (nSPS) is 11.5. The predicted octanol–water partition coefficient (Wildman–Crippen LogP) is 5.14. The number of nitrogens with zero attached hydrogens (tertiary/aromatic N) is 4. The summed E-state index contributed by atoms with van der Waals surface area (Å²) in [6.45, 7) is 0. The maximum absolute atomic E-state index is 13.6. The number of hydrogen-bond donors (Lipinski definition) is 3. The van der Waals surface area contributed by atoms with Crippen LogP contribution in [-0.2, 0) is 0 Å². The molecule has 0 aliphatic rings. The van der Waals surface area contributed by atoms with Crippen molar-refractivity contribution in [3.8, 4) is 39.0 Å². The number of nitrogens with one attached hydrogen (secondary N) is 2. The maximum atomic E-state index is 13.6. The highest BCUT2D eigenvalue weighted by atomic mass is 32.1. The molecule has 3 N–H and O–H groups in total. The highest BCUT2D eigenvalue weighted by Gasteiger charge is 2.16. The van der Waals surface area contributed by atoms with Gasteiger partial charge in [0.25, 0.3) is 0 Å². The Hall–Kier alpha value is -4.11. The fourth-order valence-corrected chi connectivity index (χ4v) is 4.41. The van der Waals surface area contributed by atoms with Crippen molar-refractivity contribution in [3.05, 3.63) is 66.3 Å². The number of aromatic amines is 2. The molecule has 0 saturated heterocycles. The Labute approximate surface area is 178 Å². The topological polar surface area (TPSA) is 103 Å². The monoisotopic (exact) mass is 428 g/mol. The summed E-state index contributed by atoms with van der Waals surface area (Å²) in [6, 6.07) is 10.6. The van der Waals surface area contributed by atoms with E-state index >= 15 is 0 Å². The molecular weight excluding hydrogens is 415 g/mol. The standard InChI is InChI=1S/C22H13FN6OS/c23-20-2-1-19(31-20)22-13-7-17(27-15(13)3-4-25-22)21-14-6-16(26-10-18(14)28-29-21)11-5-12(30)9-24-8-11/h1-10,27,30H,(H,28,29). The van der Waals surface area contributed by atoms with Crippen molar-refractivity contribution < 1.29 is 9.50 Å². The van der Waals surface area contributed by atoms with E-state index in [0.29, 0.717) is 11.3 Å². The van der Waals surface area contributed by atoms with Gasteiger partial charge in [0, 0.05) is 34.2 Å². The average molecular weight is 428 g/mol. The van der Waals surface area contributed by atoms with Crippen molar-refractivity contribution in [1.29, 1.82) is 0 Å². The van der Waals surface area contributed by atoms with E-state index < -0.39 is 0 Å². The van der Waals surface area contributed by atoms with Crippen LogP contribution in [0.3, 0.4) is 0 Å². The van der Waals surface area contributed by atoms with E-state index in [9.17, 15) is 9.50 Å². The van der Waals surface area contributed by atoms with Gasteiger partial charge in [0.1, 0.15) is 11.4 Å². The summed E-state index contributed by atoms with van der Waals surface area (Å²) in [5, 5.41) is 18.7. The van der Waals surface area contributed by atoms with E-state index in [0.717, 1.165) is 55.1 Å². The molecule has 0 aliphatic heterocycles. The molecule has 6 heterocycles. The molecule has 0 saturated carbocycles. The minimum atomic E-state index is -0.246. The number of hydrogen-bond acceptors (Lipinski definition) is 6. The van der Waals surface area contributed by atoms with Gasteiger partial charge in [0.2, 0.25) is 0 Å². The minimum Gasteiger partial charge on any atom is -0.506 e. The van der Waals surface area contributed by atoms with Crippen molar-refractivity contribution in [2.45, 2.75) is 0 Å². The molecule has 0 fully saturated rings. The molecule has 0 bridgehead atoms. The molecule has 0 amide bonds. The Morgan fingerprint density at radius 1 is 0.903 bits per heavy atom. The van der Waals surface area contributed by atoms with Gasteiger partial charge in [-0.15, -0.1) is 11.3 Å². The van der Waals surface area contributed by atoms with Crippen molar-refractivity contribution in [2.75, 3.05) is 0 Å². The molecule has 31 heavy (non-hydrogen) atoms. The predicted molar refractivity (Wildman–Crippen MR) is 117 cm³/mol. The van der Waals surface area contributed by atoms with Gasteiger partial charge in [0.05, 0.1) is 39.9 Å². The lowest BCUT2D eigenvalue weighted by Gasteiger charge is -2.01. The number of aromatic nitrogens is 6. The van der Waals surface area contributed by atoms with E-state index in [1.165, 1.54) is 12.3 Å². The summed E-state index contributed by atoms with van der Waals surface area (Å²) in [6.07, 6.45) is 6.43. The first-order valence-electron chi connectivity index (χ1n) is 9.38. The second-order valence-electron chi connectivity index (χ2n) is 7.03. The summed E-state index contributed by atoms with van der Waals surface area (Å²) in [4.78, 5) is 17.1. The first-order valence-corrected chi connectivity index (χ1v) is 10.2. The van der Waals surface area contributed by atoms with Crippen LogP contribution >= 0.6 is 11.3 Å². The highest BCUT2D eigenvalue weighted by molar-refractivity contribution is 7.13. The van der Waals surface area contributed by atoms with Crippen LogP contribution < -0.4 is 0 Å². The van der Waals surface area contributed by atoms with Gasteiger partial charge >= 0.3 is 0 Å². The lowest BCUT2D eigenvalue weighted by atomic mass is 10.1. The first-order chi connectivity index (χ1) is 15.2. The molecular formula is C22H13FN6OS. The van der Waals surface area contributed by atoms with Crippen LogP contribution in [0.5, 0.6) is 5.75 Å². The average Bonchev–Trinajstić information content (AvgIpc) is 3.50. The lowest BCUT2D eigenvalue weighted by molar-refractivity contribution is 0.473. The second-order valence-corrected chi connectivity index (χ2v) is 8.06. The summed E-state index contributed by atoms with van der Waals surface area (Å²) in [5.41, 5.74) is 5.30. The van der Waals surface area contributed by atoms with Crippen molar-refractivity contribution in [1.82, 2.24) is 30.1 Å². The molecule has 0 atom stereocenters. The van der Waals surface area contributed by atoms with Gasteiger partial charge in [-0.2, -0.15) is 9.49 Å². The van der Waals surface area contributed by atoms with Gasteiger partial charge in [-0.25, -0.2) is 0 Å². The van der Waals surface area contributed by atoms with Gasteiger partial charge < -0.3 is 10.1 Å². The SMILES string of the molecule is Oc1cncc(-c2cc3c(-c4cc5c(-c6ccc(F)s6)nccc5[nH]4)n[nH]c3cn2)c1. The van der Waals surface area contributed by atoms with Gasteiger partial charge in [-0.3, -0.25) is 20.1 Å². The fourth-order valence-electron chi connectivity index (χ4n) is 3.67. The van der Waals surface area contributed by atoms with Crippen LogP contribution in [0, 0.1) is 5.13 Å². The molecule has 0 spiro atoms. The summed E-state index contributed by atoms with van der Waals surface area (Å²) >= 11 is 1.07. The first kappa shape index (κ1) is 17.7. The Morgan fingerprint density at radius 2 is 1.81 bits per heavy atom. The molecule has 0 aliphatic carbocycles. The molecule has 6 aromatic heterocycles. The third kappa shape index (κ3) is 2.94. The number of H-pyrrole nitrogens is 2. The third-order valence-electron chi connectivity index (χ3n) is 5.08. The van der Waals surface area contributed by atoms with Gasteiger partial charge in [-0.1, -0.05) is 0 Å². The van der Waals surface area contributed by atoms with Gasteiger partial charge in [0.15, 0.2) is 5.13 Å². The van der Waals surface area contributed by atoms with E-state index in [-0.39, 0.29) is 10.9 Å². The van der Waals surface area contributed by atoms with E-state index in [1.807, 2.05) is 18.2 Å². The van der Waals surface area contributed by atoms with E-state index in [1.54, 1.807) is 30.7 Å². The van der Waals surface area contributed by atoms with Crippen LogP contribution in [0.1, 0.15) is 0 Å². The largest absolute Gasteiger partial charge is 0.506 e. The zero-order chi connectivity index (χ0) is 20.9. The van der Waals surface area contributed by atoms with Crippen molar-refractivity contribution >= 4 is 33.1 Å². The van der Waals surface area contributed by atoms with Crippen LogP contribution in [0.4, 0.5) is 4.39 Å². The number of halogens is 1. The fraction of sp³-hybridized carbons (Fsp3) is 0. The number of aromatic hydroxyl groups is 1. The Kier molecular flexibility index (Phi) is 3.84. The molecule has 9 heteroatoms. The minimum absolute atomic E-state index is 0.0764. The van der Waals surface area contributed by atoms with Gasteiger partial charge in [-0.05, 0) is 36.4 Å². The smallest absolute Gasteiger partial charge is 0.177 e. The third-order valence-corrected chi connectivity index (χ3v) is 5.96. The molecule has 6 rings (SSSR count). The molecule has 0 aromatic carbocycles. The highest BCUT2D eigenvalue weighted by Crippen LogP contribution is 2.35. The van der Waals surface area contributed by atoms with E-state index in [4.69, 9.17) is 0 Å². The number of pyridine rings is 3. The summed E-state index contributed by atoms with van der Waals surface area (Å²) < 4.78 is 13.6. The van der Waals surface area contributed by atoms with E-state index in [2.05, 4.69) is 30.1 Å². The Bertz CT molecular complexity index is 1580. The number of fused-ring (bicyclic) bond motifs is 2. The zero-order valence-electron chi connectivity index (χ0n) is 15.8. The van der Waals surface area contributed by atoms with Crippen molar-refractivity contribution in [3.63, 3.8) is 0 Å². The van der Waals surface area contributed by atoms with Crippen molar-refractivity contribution in [2.24, 2.45) is 0 Å². The second kappa shape index (κ2) is 6.71. The number of rotatable bonds is 3. The molecule has 150 valence electrons. The van der Waals surface area contributed by atoms with Crippen LogP contribution in [0.2, 0.25) is 0 Å². The maximum Gasteiger partial charge on any atom is 0.177 e. The molecule has 0 unspecified atom stereocenters. The Morgan fingerprint density at radius 3 is 2.65 bits per heavy atom. The quantitative estimate of drug-likeness (QED) is 0.362. The summed E-state index contributed by atoms with van der Waals surface area (Å²) in [5.74, 6) is 0.0764. The summed E-state index contributed by atoms with van der Waals surface area (Å²) in [7, 11) is 0.